The van der Waals surface area contributed by atoms with Crippen LogP contribution in [0, 0.1) is 0 Å². The average Bonchev–Trinajstić information content (AvgIpc) is 2.01. The van der Waals surface area contributed by atoms with E-state index in [9.17, 15) is 13.6 Å². The summed E-state index contributed by atoms with van der Waals surface area (Å²) in [5.74, 6) is -1.30. The number of aromatic carboxylic acids is 1. The number of nitrogen functional groups attached to an aromatic ring is 1. The lowest BCUT2D eigenvalue weighted by atomic mass is 10.2. The number of rotatable bonds is 2. The van der Waals surface area contributed by atoms with Gasteiger partial charge >= 0.3 is 5.97 Å². The minimum Gasteiger partial charge on any atom is -0.478 e. The van der Waals surface area contributed by atoms with Crippen molar-refractivity contribution < 1.29 is 18.7 Å². The molecule has 1 heterocycles. The minimum absolute atomic E-state index is 0.232. The Morgan fingerprint density at radius 3 is 2.57 bits per heavy atom. The third-order valence-corrected chi connectivity index (χ3v) is 1.80. The Morgan fingerprint density at radius 1 is 1.64 bits per heavy atom. The van der Waals surface area contributed by atoms with Crippen molar-refractivity contribution in [2.24, 2.45) is 0 Å². The second kappa shape index (κ2) is 3.46. The number of pyridine rings is 1. The summed E-state index contributed by atoms with van der Waals surface area (Å²) in [6, 6.07) is 0.844. The molecule has 0 saturated heterocycles. The van der Waals surface area contributed by atoms with Crippen LogP contribution in [-0.4, -0.2) is 16.1 Å². The van der Waals surface area contributed by atoms with E-state index in [1.165, 1.54) is 9.24 Å². The van der Waals surface area contributed by atoms with Gasteiger partial charge in [0.2, 0.25) is 0 Å². The number of halogens is 2. The van der Waals surface area contributed by atoms with Gasteiger partial charge in [-0.2, -0.15) is 8.78 Å². The molecule has 0 radical (unpaired) electrons. The van der Waals surface area contributed by atoms with E-state index >= 15 is 0 Å². The number of hydrogen-bond donors (Lipinski definition) is 2. The number of nitrogens with two attached hydrogens (primary N) is 1. The number of carbonyl (C=O) groups is 1. The van der Waals surface area contributed by atoms with Crippen LogP contribution in [0.1, 0.15) is 16.1 Å². The van der Waals surface area contributed by atoms with E-state index < -0.39 is 17.3 Å². The van der Waals surface area contributed by atoms with Gasteiger partial charge < -0.3 is 10.8 Å². The van der Waals surface area contributed by atoms with Crippen LogP contribution < -0.4 is 5.73 Å². The van der Waals surface area contributed by atoms with Crippen molar-refractivity contribution in [1.29, 1.82) is 0 Å². The molecular weight excluding hydrogens is 213 g/mol. The van der Waals surface area contributed by atoms with Crippen LogP contribution in [0.5, 0.6) is 0 Å². The molecule has 0 spiro atoms. The van der Waals surface area contributed by atoms with Crippen LogP contribution in [0.4, 0.5) is 14.5 Å². The highest BCUT2D eigenvalue weighted by Crippen LogP contribution is 2.34. The molecule has 76 valence electrons. The molecule has 0 fully saturated rings. The van der Waals surface area contributed by atoms with E-state index in [2.05, 4.69) is 4.98 Å². The van der Waals surface area contributed by atoms with Crippen molar-refractivity contribution in [1.82, 2.24) is 4.98 Å². The van der Waals surface area contributed by atoms with Crippen LogP contribution >= 0.6 is 9.24 Å². The topological polar surface area (TPSA) is 76.2 Å². The molecule has 4 nitrogen and oxygen atoms in total. The molecule has 0 aromatic carbocycles. The Kier molecular flexibility index (Phi) is 2.66. The van der Waals surface area contributed by atoms with E-state index in [1.54, 1.807) is 0 Å². The predicted molar refractivity (Wildman–Crippen MR) is 49.2 cm³/mol. The normalized spacial score (nSPS) is 11.4. The molecule has 0 aliphatic rings. The molecule has 0 saturated carbocycles. The van der Waals surface area contributed by atoms with Gasteiger partial charge in [0.15, 0.2) is 0 Å². The summed E-state index contributed by atoms with van der Waals surface area (Å²) in [4.78, 5) is 13.8. The molecule has 1 atom stereocenters. The molecule has 0 aliphatic carbocycles. The molecule has 3 N–H and O–H groups in total. The van der Waals surface area contributed by atoms with Gasteiger partial charge in [-0.3, -0.25) is 4.98 Å². The Bertz CT molecular complexity index is 378. The maximum absolute atomic E-state index is 12.7. The van der Waals surface area contributed by atoms with Gasteiger partial charge in [0.25, 0.3) is 5.66 Å². The van der Waals surface area contributed by atoms with Crippen molar-refractivity contribution in [2.75, 3.05) is 5.73 Å². The first-order chi connectivity index (χ1) is 6.32. The zero-order valence-corrected chi connectivity index (χ0v) is 8.02. The number of alkyl halides is 2. The van der Waals surface area contributed by atoms with Gasteiger partial charge in [-0.25, -0.2) is 4.79 Å². The van der Waals surface area contributed by atoms with E-state index in [0.29, 0.717) is 0 Å². The first kappa shape index (κ1) is 10.8. The molecule has 0 bridgehead atoms. The van der Waals surface area contributed by atoms with Crippen LogP contribution in [0.3, 0.4) is 0 Å². The molecule has 0 amide bonds. The lowest BCUT2D eigenvalue weighted by molar-refractivity contribution is 0.0695. The fraction of sp³-hybridized carbons (Fsp3) is 0.143. The summed E-state index contributed by atoms with van der Waals surface area (Å²) in [6.07, 6.45) is 0.810. The number of anilines is 1. The van der Waals surface area contributed by atoms with E-state index in [0.717, 1.165) is 12.3 Å². The summed E-state index contributed by atoms with van der Waals surface area (Å²) < 4.78 is 25.3. The first-order valence-corrected chi connectivity index (χ1v) is 4.06. The Hall–Kier alpha value is -1.29. The lowest BCUT2D eigenvalue weighted by Gasteiger charge is -2.10. The third-order valence-electron chi connectivity index (χ3n) is 1.51. The summed E-state index contributed by atoms with van der Waals surface area (Å²) in [5.41, 5.74) is 0.953. The Labute approximate surface area is 80.3 Å². The van der Waals surface area contributed by atoms with Gasteiger partial charge in [0.05, 0.1) is 0 Å². The Balaban J connectivity index is 3.20. The highest BCUT2D eigenvalue weighted by Gasteiger charge is 2.27. The molecule has 7 heteroatoms. The lowest BCUT2D eigenvalue weighted by Crippen LogP contribution is -2.10. The standard InChI is InChI=1S/C7H7F2N2O2P/c8-7(9,14)5-1-4(10)3(2-11-5)6(12)13/h1-2H,14H2,(H2,10,11)(H,12,13). The predicted octanol–water partition coefficient (Wildman–Crippen LogP) is 1.29. The average molecular weight is 220 g/mol. The number of aromatic nitrogens is 1. The summed E-state index contributed by atoms with van der Waals surface area (Å²) in [5, 5.41) is 8.55. The van der Waals surface area contributed by atoms with E-state index in [4.69, 9.17) is 10.8 Å². The smallest absolute Gasteiger partial charge is 0.339 e. The summed E-state index contributed by atoms with van der Waals surface area (Å²) in [6.45, 7) is 0. The van der Waals surface area contributed by atoms with Gasteiger partial charge in [0.1, 0.15) is 11.3 Å². The van der Waals surface area contributed by atoms with Crippen molar-refractivity contribution in [3.63, 3.8) is 0 Å². The zero-order valence-electron chi connectivity index (χ0n) is 6.87. The molecule has 1 aromatic heterocycles. The quantitative estimate of drug-likeness (QED) is 0.736. The van der Waals surface area contributed by atoms with Crippen LogP contribution in [-0.2, 0) is 5.66 Å². The van der Waals surface area contributed by atoms with E-state index in [-0.39, 0.29) is 11.3 Å². The third kappa shape index (κ3) is 2.14. The minimum atomic E-state index is -3.20. The van der Waals surface area contributed by atoms with Crippen molar-refractivity contribution in [3.8, 4) is 0 Å². The van der Waals surface area contributed by atoms with Gasteiger partial charge in [0, 0.05) is 11.9 Å². The van der Waals surface area contributed by atoms with Gasteiger partial charge in [-0.1, -0.05) is 9.24 Å². The van der Waals surface area contributed by atoms with Crippen LogP contribution in [0.2, 0.25) is 0 Å². The molecule has 0 aliphatic heterocycles. The van der Waals surface area contributed by atoms with Crippen LogP contribution in [0.15, 0.2) is 12.3 Å². The second-order valence-electron chi connectivity index (χ2n) is 2.58. The SMILES string of the molecule is Nc1cc(C(F)(F)P)ncc1C(=O)O. The molecule has 1 aromatic rings. The van der Waals surface area contributed by atoms with Crippen molar-refractivity contribution >= 4 is 20.9 Å². The van der Waals surface area contributed by atoms with Crippen LogP contribution in [0.25, 0.3) is 0 Å². The molecule has 1 rings (SSSR count). The van der Waals surface area contributed by atoms with Crippen molar-refractivity contribution in [2.45, 2.75) is 5.66 Å². The van der Waals surface area contributed by atoms with Gasteiger partial charge in [-0.05, 0) is 6.07 Å². The molecule has 14 heavy (non-hydrogen) atoms. The molecular formula is C7H7F2N2O2P. The monoisotopic (exact) mass is 220 g/mol. The summed E-state index contributed by atoms with van der Waals surface area (Å²) >= 11 is 0. The zero-order chi connectivity index (χ0) is 10.9. The maximum atomic E-state index is 12.7. The highest BCUT2D eigenvalue weighted by atomic mass is 31.0. The maximum Gasteiger partial charge on any atom is 0.339 e. The van der Waals surface area contributed by atoms with Gasteiger partial charge in [-0.15, -0.1) is 0 Å². The number of hydrogen-bond acceptors (Lipinski definition) is 3. The number of carboxylic acids is 1. The number of carboxylic acid groups (broad SMARTS) is 1. The summed E-state index contributed by atoms with van der Waals surface area (Å²) in [7, 11) is 1.29. The number of nitrogens with zero attached hydrogens (tertiary/aromatic N) is 1. The molecule has 1 unspecified atom stereocenters. The highest BCUT2D eigenvalue weighted by molar-refractivity contribution is 7.17. The second-order valence-corrected chi connectivity index (χ2v) is 3.31. The van der Waals surface area contributed by atoms with E-state index in [1.807, 2.05) is 0 Å². The van der Waals surface area contributed by atoms with Crippen molar-refractivity contribution in [3.05, 3.63) is 23.5 Å². The first-order valence-electron chi connectivity index (χ1n) is 3.48. The fourth-order valence-electron chi connectivity index (χ4n) is 0.832. The fourth-order valence-corrected chi connectivity index (χ4v) is 0.990. The Morgan fingerprint density at radius 2 is 2.21 bits per heavy atom. The largest absolute Gasteiger partial charge is 0.478 e.